The van der Waals surface area contributed by atoms with Crippen LogP contribution in [0.5, 0.6) is 0 Å². The van der Waals surface area contributed by atoms with E-state index in [2.05, 4.69) is 9.76 Å². The topological polar surface area (TPSA) is 140 Å². The number of carbonyl (C=O) groups is 2. The zero-order chi connectivity index (χ0) is 25.0. The van der Waals surface area contributed by atoms with Crippen LogP contribution in [-0.2, 0) is 33.5 Å². The minimum atomic E-state index is -3.87. The summed E-state index contributed by atoms with van der Waals surface area (Å²) < 4.78 is 38.3. The van der Waals surface area contributed by atoms with Crippen molar-refractivity contribution in [3.63, 3.8) is 0 Å². The Morgan fingerprint density at radius 3 is 1.72 bits per heavy atom. The Morgan fingerprint density at radius 2 is 1.31 bits per heavy atom. The lowest BCUT2D eigenvalue weighted by molar-refractivity contribution is -0.156. The first-order valence-electron chi connectivity index (χ1n) is 10.1. The molecule has 1 aromatic rings. The van der Waals surface area contributed by atoms with Crippen LogP contribution < -0.4 is 11.0 Å². The second-order valence-corrected chi connectivity index (χ2v) is 10.4. The number of hydroxylamine groups is 2. The van der Waals surface area contributed by atoms with Crippen LogP contribution in [0.25, 0.3) is 0 Å². The van der Waals surface area contributed by atoms with Crippen molar-refractivity contribution >= 4 is 22.1 Å². The standard InChI is InChI=1S/C14H21NO5S.C7H15NO3/c1-11-5-7-12(8-6-11)21(17,18)20-15-10-9-13(16)19-14(2,3)4;1-7(2,3)11-6(9)4-5-8-10/h5-8,15H,9-10H2,1-4H3;8,10H,4-5H2,1-3H3. The van der Waals surface area contributed by atoms with E-state index in [1.165, 1.54) is 12.1 Å². The van der Waals surface area contributed by atoms with Crippen molar-refractivity contribution in [2.45, 2.75) is 77.4 Å². The maximum atomic E-state index is 11.8. The number of rotatable bonds is 9. The van der Waals surface area contributed by atoms with Crippen LogP contribution >= 0.6 is 0 Å². The Morgan fingerprint density at radius 1 is 0.875 bits per heavy atom. The van der Waals surface area contributed by atoms with Crippen molar-refractivity contribution in [2.24, 2.45) is 0 Å². The van der Waals surface area contributed by atoms with Gasteiger partial charge in [-0.1, -0.05) is 17.7 Å². The van der Waals surface area contributed by atoms with Crippen molar-refractivity contribution in [3.05, 3.63) is 29.8 Å². The smallest absolute Gasteiger partial charge is 0.312 e. The van der Waals surface area contributed by atoms with Crippen LogP contribution in [0.2, 0.25) is 0 Å². The predicted octanol–water partition coefficient (Wildman–Crippen LogP) is 2.63. The van der Waals surface area contributed by atoms with Crippen LogP contribution in [-0.4, -0.2) is 49.9 Å². The number of aryl methyl sites for hydroxylation is 1. The summed E-state index contributed by atoms with van der Waals surface area (Å²) in [6, 6.07) is 6.27. The summed E-state index contributed by atoms with van der Waals surface area (Å²) in [5, 5.41) is 8.16. The van der Waals surface area contributed by atoms with Gasteiger partial charge < -0.3 is 14.7 Å². The molecule has 0 aliphatic carbocycles. The van der Waals surface area contributed by atoms with Gasteiger partial charge in [0, 0.05) is 13.1 Å². The molecule has 0 heterocycles. The van der Waals surface area contributed by atoms with E-state index >= 15 is 0 Å². The first-order chi connectivity index (χ1) is 14.6. The summed E-state index contributed by atoms with van der Waals surface area (Å²) in [6.07, 6.45) is 0.203. The summed E-state index contributed by atoms with van der Waals surface area (Å²) in [7, 11) is -3.87. The van der Waals surface area contributed by atoms with E-state index in [4.69, 9.17) is 14.7 Å². The normalized spacial score (nSPS) is 11.9. The van der Waals surface area contributed by atoms with Gasteiger partial charge in [-0.3, -0.25) is 9.59 Å². The van der Waals surface area contributed by atoms with Gasteiger partial charge in [-0.25, -0.2) is 5.48 Å². The van der Waals surface area contributed by atoms with Gasteiger partial charge in [-0.15, -0.1) is 0 Å². The summed E-state index contributed by atoms with van der Waals surface area (Å²) in [6.45, 7) is 12.8. The van der Waals surface area contributed by atoms with Gasteiger partial charge in [0.1, 0.15) is 11.2 Å². The quantitative estimate of drug-likeness (QED) is 0.277. The lowest BCUT2D eigenvalue weighted by Crippen LogP contribution is -2.28. The average molecular weight is 477 g/mol. The Hall–Kier alpha value is -2.05. The molecule has 0 spiro atoms. The first-order valence-corrected chi connectivity index (χ1v) is 11.5. The summed E-state index contributed by atoms with van der Waals surface area (Å²) in [4.78, 5) is 22.3. The van der Waals surface area contributed by atoms with Gasteiger partial charge in [0.15, 0.2) is 0 Å². The second-order valence-electron chi connectivity index (χ2n) is 8.83. The molecule has 0 saturated heterocycles. The predicted molar refractivity (Wildman–Crippen MR) is 118 cm³/mol. The molecule has 11 heteroatoms. The summed E-state index contributed by atoms with van der Waals surface area (Å²) in [5.74, 6) is -0.731. The maximum absolute atomic E-state index is 11.8. The van der Waals surface area contributed by atoms with Crippen molar-refractivity contribution in [2.75, 3.05) is 13.1 Å². The van der Waals surface area contributed by atoms with E-state index in [-0.39, 0.29) is 36.8 Å². The molecule has 1 aromatic carbocycles. The molecular formula is C21H36N2O8S. The Labute approximate surface area is 190 Å². The number of benzene rings is 1. The lowest BCUT2D eigenvalue weighted by atomic mass is 10.2. The van der Waals surface area contributed by atoms with E-state index < -0.39 is 27.3 Å². The van der Waals surface area contributed by atoms with E-state index in [1.807, 2.05) is 12.4 Å². The Kier molecular flexibility index (Phi) is 12.6. The number of carbonyl (C=O) groups excluding carboxylic acids is 2. The zero-order valence-corrected chi connectivity index (χ0v) is 20.7. The minimum absolute atomic E-state index is 0.0146. The fraction of sp³-hybridized carbons (Fsp3) is 0.619. The molecule has 0 aliphatic heterocycles. The van der Waals surface area contributed by atoms with E-state index in [0.29, 0.717) is 0 Å². The molecule has 1 rings (SSSR count). The first kappa shape index (κ1) is 29.9. The minimum Gasteiger partial charge on any atom is -0.460 e. The number of hydrogen-bond donors (Lipinski definition) is 3. The highest BCUT2D eigenvalue weighted by Gasteiger charge is 2.18. The van der Waals surface area contributed by atoms with E-state index in [0.717, 1.165) is 5.56 Å². The third-order valence-electron chi connectivity index (χ3n) is 3.19. The Balaban J connectivity index is 0.000000739. The van der Waals surface area contributed by atoms with Crippen LogP contribution in [0.1, 0.15) is 59.9 Å². The largest absolute Gasteiger partial charge is 0.460 e. The third-order valence-corrected chi connectivity index (χ3v) is 4.38. The highest BCUT2D eigenvalue weighted by molar-refractivity contribution is 7.86. The van der Waals surface area contributed by atoms with E-state index in [1.54, 1.807) is 53.7 Å². The zero-order valence-electron chi connectivity index (χ0n) is 19.9. The highest BCUT2D eigenvalue weighted by Crippen LogP contribution is 2.12. The molecule has 0 bridgehead atoms. The van der Waals surface area contributed by atoms with Gasteiger partial charge >= 0.3 is 22.1 Å². The van der Waals surface area contributed by atoms with Crippen molar-refractivity contribution in [1.82, 2.24) is 11.0 Å². The molecule has 0 amide bonds. The van der Waals surface area contributed by atoms with Gasteiger partial charge in [0.05, 0.1) is 17.7 Å². The fourth-order valence-corrected chi connectivity index (χ4v) is 2.77. The van der Waals surface area contributed by atoms with Crippen LogP contribution in [0.4, 0.5) is 0 Å². The average Bonchev–Trinajstić information content (AvgIpc) is 2.62. The number of nitrogens with one attached hydrogen (secondary N) is 2. The van der Waals surface area contributed by atoms with Gasteiger partial charge in [-0.05, 0) is 60.6 Å². The van der Waals surface area contributed by atoms with Crippen molar-refractivity contribution in [3.8, 4) is 0 Å². The molecular weight excluding hydrogens is 440 g/mol. The molecule has 10 nitrogen and oxygen atoms in total. The molecule has 3 N–H and O–H groups in total. The Bertz CT molecular complexity index is 810. The van der Waals surface area contributed by atoms with Crippen LogP contribution in [0.3, 0.4) is 0 Å². The summed E-state index contributed by atoms with van der Waals surface area (Å²) >= 11 is 0. The SMILES string of the molecule is CC(C)(C)OC(=O)CCNO.Cc1ccc(S(=O)(=O)ONCCC(=O)OC(C)(C)C)cc1. The molecule has 0 atom stereocenters. The molecule has 0 aromatic heterocycles. The van der Waals surface area contributed by atoms with Gasteiger partial charge in [0.2, 0.25) is 0 Å². The maximum Gasteiger partial charge on any atom is 0.312 e. The summed E-state index contributed by atoms with van der Waals surface area (Å²) in [5.41, 5.74) is 4.10. The molecule has 32 heavy (non-hydrogen) atoms. The molecule has 184 valence electrons. The van der Waals surface area contributed by atoms with Crippen molar-refractivity contribution < 1.29 is 37.0 Å². The molecule has 0 saturated carbocycles. The van der Waals surface area contributed by atoms with Crippen LogP contribution in [0.15, 0.2) is 29.2 Å². The second kappa shape index (κ2) is 13.5. The highest BCUT2D eigenvalue weighted by atomic mass is 32.2. The van der Waals surface area contributed by atoms with E-state index in [9.17, 15) is 18.0 Å². The molecule has 0 aliphatic rings. The van der Waals surface area contributed by atoms with Gasteiger partial charge in [-0.2, -0.15) is 18.2 Å². The lowest BCUT2D eigenvalue weighted by Gasteiger charge is -2.19. The molecule has 0 fully saturated rings. The molecule has 0 unspecified atom stereocenters. The van der Waals surface area contributed by atoms with Crippen LogP contribution in [0, 0.1) is 6.92 Å². The third kappa shape index (κ3) is 15.7. The fourth-order valence-electron chi connectivity index (χ4n) is 1.97. The molecule has 0 radical (unpaired) electrons. The number of esters is 2. The number of hydrogen-bond acceptors (Lipinski definition) is 10. The number of ether oxygens (including phenoxy) is 2. The van der Waals surface area contributed by atoms with Crippen molar-refractivity contribution in [1.29, 1.82) is 0 Å². The van der Waals surface area contributed by atoms with Gasteiger partial charge in [0.25, 0.3) is 0 Å². The monoisotopic (exact) mass is 476 g/mol.